The Morgan fingerprint density at radius 1 is 0.887 bits per heavy atom. The van der Waals surface area contributed by atoms with Crippen molar-refractivity contribution in [1.82, 2.24) is 10.2 Å². The Bertz CT molecular complexity index is 1800. The first-order valence-electron chi connectivity index (χ1n) is 16.8. The summed E-state index contributed by atoms with van der Waals surface area (Å²) in [7, 11) is 0. The molecule has 0 N–H and O–H groups in total. The van der Waals surface area contributed by atoms with Crippen molar-refractivity contribution in [2.45, 2.75) is 116 Å². The van der Waals surface area contributed by atoms with Crippen molar-refractivity contribution < 1.29 is 63.9 Å². The van der Waals surface area contributed by atoms with Gasteiger partial charge in [0.15, 0.2) is 12.2 Å². The SMILES string of the molecule is CC.CC(C)(C)OC(=O)N(C(=O)OC(C)(C)C)c1cc(C(F)(F)F)c2[n+]3c1-c1nnc(o1)C(OCc1ccccc1)(C(F)(F)F)C/C=C/CC3(C)CO2. The van der Waals surface area contributed by atoms with Gasteiger partial charge in [-0.2, -0.15) is 31.2 Å². The van der Waals surface area contributed by atoms with E-state index in [1.54, 1.807) is 30.3 Å². The molecular formula is C36H43F6N4O7+. The molecule has 53 heavy (non-hydrogen) atoms. The number of carbonyl (C=O) groups excluding carboxylic acids is 2. The average molecular weight is 758 g/mol. The Morgan fingerprint density at radius 3 is 1.98 bits per heavy atom. The van der Waals surface area contributed by atoms with Gasteiger partial charge in [0, 0.05) is 19.8 Å². The predicted octanol–water partition coefficient (Wildman–Crippen LogP) is 9.18. The van der Waals surface area contributed by atoms with Crippen LogP contribution >= 0.6 is 0 Å². The first-order chi connectivity index (χ1) is 24.5. The molecule has 1 aromatic carbocycles. The molecule has 290 valence electrons. The molecule has 2 atom stereocenters. The molecule has 2 unspecified atom stereocenters. The van der Waals surface area contributed by atoms with Crippen LogP contribution in [0.25, 0.3) is 11.6 Å². The lowest BCUT2D eigenvalue weighted by molar-refractivity contribution is -0.732. The molecule has 3 aromatic rings. The monoisotopic (exact) mass is 757 g/mol. The van der Waals surface area contributed by atoms with Crippen LogP contribution in [0.15, 0.2) is 53.0 Å². The topological polar surface area (TPSA) is 117 Å². The molecule has 11 nitrogen and oxygen atoms in total. The first kappa shape index (κ1) is 41.1. The number of anilines is 1. The van der Waals surface area contributed by atoms with Gasteiger partial charge in [-0.1, -0.05) is 56.3 Å². The molecule has 0 saturated carbocycles. The molecule has 0 fully saturated rings. The second-order valence-electron chi connectivity index (χ2n) is 14.4. The van der Waals surface area contributed by atoms with Crippen LogP contribution in [0.3, 0.4) is 0 Å². The normalized spacial score (nSPS) is 20.5. The van der Waals surface area contributed by atoms with Crippen LogP contribution < -0.4 is 14.2 Å². The quantitative estimate of drug-likeness (QED) is 0.146. The van der Waals surface area contributed by atoms with E-state index in [4.69, 9.17) is 23.4 Å². The molecule has 2 amide bonds. The summed E-state index contributed by atoms with van der Waals surface area (Å²) in [5.74, 6) is -2.61. The summed E-state index contributed by atoms with van der Waals surface area (Å²) in [4.78, 5) is 27.8. The molecule has 0 saturated heterocycles. The summed E-state index contributed by atoms with van der Waals surface area (Å²) < 4.78 is 119. The van der Waals surface area contributed by atoms with Gasteiger partial charge < -0.3 is 23.4 Å². The summed E-state index contributed by atoms with van der Waals surface area (Å²) in [6.07, 6.45) is -11.7. The zero-order valence-corrected chi connectivity index (χ0v) is 30.9. The van der Waals surface area contributed by atoms with Crippen LogP contribution in [0.4, 0.5) is 41.6 Å². The second kappa shape index (κ2) is 14.6. The Morgan fingerprint density at radius 2 is 1.45 bits per heavy atom. The zero-order chi connectivity index (χ0) is 39.8. The molecule has 2 aromatic heterocycles. The van der Waals surface area contributed by atoms with Crippen molar-refractivity contribution in [3.05, 3.63) is 65.6 Å². The smallest absolute Gasteiger partial charge is 0.426 e. The summed E-state index contributed by atoms with van der Waals surface area (Å²) in [5.41, 5.74) is -9.59. The number of hydrogen-bond acceptors (Lipinski definition) is 9. The maximum Gasteiger partial charge on any atom is 0.426 e. The van der Waals surface area contributed by atoms with E-state index in [0.29, 0.717) is 11.6 Å². The van der Waals surface area contributed by atoms with Gasteiger partial charge >= 0.3 is 36.3 Å². The van der Waals surface area contributed by atoms with E-state index in [-0.39, 0.29) is 11.3 Å². The minimum atomic E-state index is -5.16. The number of alkyl halides is 6. The molecule has 2 aliphatic rings. The molecule has 4 heterocycles. The van der Waals surface area contributed by atoms with Crippen molar-refractivity contribution in [2.24, 2.45) is 0 Å². The van der Waals surface area contributed by atoms with Gasteiger partial charge in [-0.05, 0) is 53.2 Å². The average Bonchev–Trinajstić information content (AvgIpc) is 3.64. The molecule has 0 spiro atoms. The third-order valence-corrected chi connectivity index (χ3v) is 7.83. The number of hydrogen-bond donors (Lipinski definition) is 0. The van der Waals surface area contributed by atoms with Crippen LogP contribution in [0, 0.1) is 0 Å². The maximum atomic E-state index is 15.2. The summed E-state index contributed by atoms with van der Waals surface area (Å²) >= 11 is 0. The molecule has 0 radical (unpaired) electrons. The van der Waals surface area contributed by atoms with E-state index in [0.717, 1.165) is 4.57 Å². The van der Waals surface area contributed by atoms with E-state index in [2.05, 4.69) is 10.2 Å². The largest absolute Gasteiger partial charge is 0.443 e. The number of halogens is 6. The second-order valence-corrected chi connectivity index (χ2v) is 14.4. The number of carbonyl (C=O) groups is 2. The highest BCUT2D eigenvalue weighted by Crippen LogP contribution is 2.49. The van der Waals surface area contributed by atoms with E-state index in [1.165, 1.54) is 60.6 Å². The summed E-state index contributed by atoms with van der Waals surface area (Å²) in [5, 5.41) is 7.58. The van der Waals surface area contributed by atoms with E-state index in [1.807, 2.05) is 13.8 Å². The van der Waals surface area contributed by atoms with Crippen molar-refractivity contribution in [3.8, 4) is 17.5 Å². The van der Waals surface area contributed by atoms with Crippen molar-refractivity contribution in [1.29, 1.82) is 0 Å². The van der Waals surface area contributed by atoms with Gasteiger partial charge in [0.2, 0.25) is 11.1 Å². The molecule has 5 rings (SSSR count). The number of fused-ring (bicyclic) bond motifs is 3. The number of amides is 2. The van der Waals surface area contributed by atoms with Gasteiger partial charge in [-0.15, -0.1) is 14.8 Å². The molecular weight excluding hydrogens is 714 g/mol. The van der Waals surface area contributed by atoms with Crippen LogP contribution in [-0.2, 0) is 38.1 Å². The number of aromatic nitrogens is 3. The van der Waals surface area contributed by atoms with Crippen LogP contribution in [0.2, 0.25) is 0 Å². The molecule has 0 aliphatic carbocycles. The highest BCUT2D eigenvalue weighted by atomic mass is 19.4. The number of allylic oxidation sites excluding steroid dienone is 1. The van der Waals surface area contributed by atoms with Gasteiger partial charge in [-0.25, -0.2) is 9.59 Å². The Kier molecular flexibility index (Phi) is 11.3. The number of nitrogens with zero attached hydrogens (tertiary/aromatic N) is 4. The number of pyridine rings is 1. The first-order valence-corrected chi connectivity index (χ1v) is 16.8. The van der Waals surface area contributed by atoms with E-state index >= 15 is 13.2 Å². The minimum Gasteiger partial charge on any atom is -0.443 e. The maximum absolute atomic E-state index is 15.2. The fourth-order valence-electron chi connectivity index (χ4n) is 5.54. The predicted molar refractivity (Wildman–Crippen MR) is 178 cm³/mol. The van der Waals surface area contributed by atoms with Gasteiger partial charge in [0.05, 0.1) is 6.61 Å². The van der Waals surface area contributed by atoms with Gasteiger partial charge in [0.25, 0.3) is 11.6 Å². The third kappa shape index (κ3) is 8.60. The summed E-state index contributed by atoms with van der Waals surface area (Å²) in [6, 6.07) is 8.46. The fourth-order valence-corrected chi connectivity index (χ4v) is 5.54. The van der Waals surface area contributed by atoms with Gasteiger partial charge in [0.1, 0.15) is 16.9 Å². The minimum absolute atomic E-state index is 0.177. The zero-order valence-electron chi connectivity index (χ0n) is 30.9. The van der Waals surface area contributed by atoms with E-state index in [9.17, 15) is 22.8 Å². The van der Waals surface area contributed by atoms with Crippen LogP contribution in [0.1, 0.15) is 92.2 Å². The number of benzene rings is 1. The van der Waals surface area contributed by atoms with Crippen LogP contribution in [-0.4, -0.2) is 46.4 Å². The van der Waals surface area contributed by atoms with Crippen molar-refractivity contribution >= 4 is 17.9 Å². The Hall–Kier alpha value is -4.67. The highest BCUT2D eigenvalue weighted by molar-refractivity contribution is 6.11. The van der Waals surface area contributed by atoms with E-state index < -0.39 is 101 Å². The van der Waals surface area contributed by atoms with Crippen LogP contribution in [0.5, 0.6) is 5.88 Å². The summed E-state index contributed by atoms with van der Waals surface area (Å²) in [6.45, 7) is 13.3. The number of rotatable bonds is 4. The fraction of sp³-hybridized carbons (Fsp3) is 0.528. The van der Waals surface area contributed by atoms with Crippen molar-refractivity contribution in [2.75, 3.05) is 11.5 Å². The standard InChI is InChI=1S/C34H37F6N4O7.C2H6/c1-29(2,3)50-27(45)43(28(46)51-30(4,5)6)22-17-21(33(35,36)37)25-44-23(22)24-41-42-26(49-24)32(34(38,39)40,48-18-20-13-9-8-10-14-20)16-12-11-15-31(44,7)19-47-25;1-2/h8-14,17H,15-16,18-19H2,1-7H3;1-2H3/q+1;/b12-11+;. The lowest BCUT2D eigenvalue weighted by Crippen LogP contribution is -2.55. The van der Waals surface area contributed by atoms with Gasteiger partial charge in [-0.3, -0.25) is 0 Å². The van der Waals surface area contributed by atoms with Crippen molar-refractivity contribution in [3.63, 3.8) is 0 Å². The number of imide groups is 1. The Labute approximate surface area is 302 Å². The Balaban J connectivity index is 0.00000308. The third-order valence-electron chi connectivity index (χ3n) is 7.83. The molecule has 2 bridgehead atoms. The lowest BCUT2D eigenvalue weighted by Gasteiger charge is -2.31. The number of ether oxygens (including phenoxy) is 4. The lowest BCUT2D eigenvalue weighted by atomic mass is 9.94. The highest BCUT2D eigenvalue weighted by Gasteiger charge is 2.62. The molecule has 17 heteroatoms. The molecule has 2 aliphatic heterocycles.